The van der Waals surface area contributed by atoms with Crippen molar-refractivity contribution in [1.82, 2.24) is 9.88 Å². The zero-order chi connectivity index (χ0) is 17.6. The fourth-order valence-electron chi connectivity index (χ4n) is 3.03. The van der Waals surface area contributed by atoms with Crippen LogP contribution in [-0.2, 0) is 0 Å². The van der Waals surface area contributed by atoms with E-state index in [1.165, 1.54) is 0 Å². The number of likely N-dealkylation sites (N-methyl/N-ethyl adjacent to an activating group) is 1. The quantitative estimate of drug-likeness (QED) is 0.488. The molecule has 0 radical (unpaired) electrons. The van der Waals surface area contributed by atoms with Gasteiger partial charge in [0.1, 0.15) is 5.75 Å². The minimum Gasteiger partial charge on any atom is -0.497 e. The Morgan fingerprint density at radius 1 is 1.08 bits per heavy atom. The van der Waals surface area contributed by atoms with E-state index in [0.717, 1.165) is 52.8 Å². The van der Waals surface area contributed by atoms with Gasteiger partial charge in [0.05, 0.1) is 30.4 Å². The Morgan fingerprint density at radius 3 is 2.68 bits per heavy atom. The van der Waals surface area contributed by atoms with Gasteiger partial charge in [-0.25, -0.2) is 4.98 Å². The lowest BCUT2D eigenvalue weighted by Crippen LogP contribution is -2.24. The molecule has 0 aliphatic heterocycles. The number of aliphatic hydroxyl groups excluding tert-OH is 1. The van der Waals surface area contributed by atoms with Gasteiger partial charge in [-0.15, -0.1) is 0 Å². The fraction of sp³-hybridized carbons (Fsp3) is 0.350. The molecule has 25 heavy (non-hydrogen) atoms. The van der Waals surface area contributed by atoms with Gasteiger partial charge in [-0.2, -0.15) is 0 Å². The van der Waals surface area contributed by atoms with Crippen molar-refractivity contribution in [3.63, 3.8) is 0 Å². The molecule has 2 N–H and O–H groups in total. The third-order valence-corrected chi connectivity index (χ3v) is 4.39. The van der Waals surface area contributed by atoms with Gasteiger partial charge in [-0.05, 0) is 44.3 Å². The third-order valence-electron chi connectivity index (χ3n) is 4.39. The van der Waals surface area contributed by atoms with Gasteiger partial charge >= 0.3 is 0 Å². The summed E-state index contributed by atoms with van der Waals surface area (Å²) in [5, 5.41) is 14.8. The number of benzene rings is 2. The number of aromatic nitrogens is 1. The van der Waals surface area contributed by atoms with Crippen molar-refractivity contribution in [2.45, 2.75) is 6.42 Å². The number of hydrogen-bond acceptors (Lipinski definition) is 5. The van der Waals surface area contributed by atoms with Crippen LogP contribution in [0.5, 0.6) is 5.75 Å². The van der Waals surface area contributed by atoms with Gasteiger partial charge in [0.2, 0.25) is 0 Å². The van der Waals surface area contributed by atoms with Crippen LogP contribution >= 0.6 is 0 Å². The number of methoxy groups -OCH3 is 1. The Labute approximate surface area is 148 Å². The van der Waals surface area contributed by atoms with Gasteiger partial charge in [0.15, 0.2) is 0 Å². The van der Waals surface area contributed by atoms with E-state index in [4.69, 9.17) is 14.8 Å². The number of rotatable bonds is 8. The first-order chi connectivity index (χ1) is 12.2. The van der Waals surface area contributed by atoms with Crippen LogP contribution in [0.4, 0.5) is 5.69 Å². The molecule has 0 aliphatic rings. The van der Waals surface area contributed by atoms with Crippen molar-refractivity contribution >= 4 is 27.5 Å². The summed E-state index contributed by atoms with van der Waals surface area (Å²) in [7, 11) is 3.71. The van der Waals surface area contributed by atoms with Crippen LogP contribution in [-0.4, -0.2) is 55.4 Å². The smallest absolute Gasteiger partial charge is 0.119 e. The van der Waals surface area contributed by atoms with Gasteiger partial charge in [-0.1, -0.05) is 18.2 Å². The average molecular weight is 339 g/mol. The Morgan fingerprint density at radius 2 is 1.88 bits per heavy atom. The molecule has 5 heteroatoms. The van der Waals surface area contributed by atoms with Crippen molar-refractivity contribution in [2.75, 3.05) is 45.7 Å². The van der Waals surface area contributed by atoms with Crippen LogP contribution in [0.2, 0.25) is 0 Å². The van der Waals surface area contributed by atoms with Gasteiger partial charge in [-0.3, -0.25) is 0 Å². The predicted molar refractivity (Wildman–Crippen MR) is 103 cm³/mol. The maximum absolute atomic E-state index is 8.98. The highest BCUT2D eigenvalue weighted by atomic mass is 16.5. The molecule has 2 aromatic carbocycles. The standard InChI is InChI=1S/C20H25N3O2/c1-23(12-13-24)11-5-10-21-20-16-6-3-4-7-18(16)22-19-9-8-15(25-2)14-17(19)20/h3-4,6-9,14,24H,5,10-13H2,1-2H3,(H,21,22). The van der Waals surface area contributed by atoms with Crippen LogP contribution in [0.1, 0.15) is 6.42 Å². The molecule has 0 atom stereocenters. The SMILES string of the molecule is COc1ccc2nc3ccccc3c(NCCCN(C)CCO)c2c1. The predicted octanol–water partition coefficient (Wildman–Crippen LogP) is 3.12. The first-order valence-corrected chi connectivity index (χ1v) is 8.62. The molecule has 132 valence electrons. The molecule has 0 amide bonds. The maximum atomic E-state index is 8.98. The van der Waals surface area contributed by atoms with E-state index < -0.39 is 0 Å². The second kappa shape index (κ2) is 8.14. The molecule has 1 heterocycles. The molecule has 5 nitrogen and oxygen atoms in total. The summed E-state index contributed by atoms with van der Waals surface area (Å²) in [5.74, 6) is 0.829. The number of fused-ring (bicyclic) bond motifs is 2. The molecule has 0 bridgehead atoms. The monoisotopic (exact) mass is 339 g/mol. The molecule has 0 unspecified atom stereocenters. The zero-order valence-electron chi connectivity index (χ0n) is 14.8. The van der Waals surface area contributed by atoms with E-state index in [-0.39, 0.29) is 6.61 Å². The lowest BCUT2D eigenvalue weighted by molar-refractivity contribution is 0.221. The number of para-hydroxylation sites is 1. The molecule has 0 saturated heterocycles. The normalized spacial score (nSPS) is 11.4. The van der Waals surface area contributed by atoms with Crippen LogP contribution in [0.15, 0.2) is 42.5 Å². The van der Waals surface area contributed by atoms with Crippen LogP contribution in [0.3, 0.4) is 0 Å². The summed E-state index contributed by atoms with van der Waals surface area (Å²) in [5.41, 5.74) is 3.05. The average Bonchev–Trinajstić information content (AvgIpc) is 2.64. The highest BCUT2D eigenvalue weighted by molar-refractivity contribution is 6.07. The first-order valence-electron chi connectivity index (χ1n) is 8.62. The number of anilines is 1. The molecule has 3 rings (SSSR count). The number of nitrogens with one attached hydrogen (secondary N) is 1. The summed E-state index contributed by atoms with van der Waals surface area (Å²) >= 11 is 0. The number of ether oxygens (including phenoxy) is 1. The Bertz CT molecular complexity index is 851. The van der Waals surface area contributed by atoms with Crippen molar-refractivity contribution in [3.05, 3.63) is 42.5 Å². The number of nitrogens with zero attached hydrogens (tertiary/aromatic N) is 2. The first kappa shape index (κ1) is 17.5. The van der Waals surface area contributed by atoms with E-state index in [1.54, 1.807) is 7.11 Å². The number of hydrogen-bond donors (Lipinski definition) is 2. The van der Waals surface area contributed by atoms with Crippen molar-refractivity contribution < 1.29 is 9.84 Å². The number of aliphatic hydroxyl groups is 1. The summed E-state index contributed by atoms with van der Waals surface area (Å²) in [6, 6.07) is 14.2. The topological polar surface area (TPSA) is 57.6 Å². The third kappa shape index (κ3) is 4.00. The summed E-state index contributed by atoms with van der Waals surface area (Å²) < 4.78 is 5.39. The highest BCUT2D eigenvalue weighted by Crippen LogP contribution is 2.32. The second-order valence-electron chi connectivity index (χ2n) is 6.19. The van der Waals surface area contributed by atoms with Crippen molar-refractivity contribution in [2.24, 2.45) is 0 Å². The minimum atomic E-state index is 0.198. The zero-order valence-corrected chi connectivity index (χ0v) is 14.8. The van der Waals surface area contributed by atoms with Gasteiger partial charge in [0.25, 0.3) is 0 Å². The summed E-state index contributed by atoms with van der Waals surface area (Å²) in [6.07, 6.45) is 0.999. The molecule has 0 fully saturated rings. The van der Waals surface area contributed by atoms with Gasteiger partial charge in [0, 0.05) is 23.9 Å². The Kier molecular flexibility index (Phi) is 5.68. The minimum absolute atomic E-state index is 0.198. The highest BCUT2D eigenvalue weighted by Gasteiger charge is 2.10. The van der Waals surface area contributed by atoms with Crippen LogP contribution < -0.4 is 10.1 Å². The Balaban J connectivity index is 1.89. The second-order valence-corrected chi connectivity index (χ2v) is 6.19. The lowest BCUT2D eigenvalue weighted by atomic mass is 10.1. The molecule has 1 aromatic heterocycles. The summed E-state index contributed by atoms with van der Waals surface area (Å²) in [4.78, 5) is 6.90. The molecule has 3 aromatic rings. The molecular formula is C20H25N3O2. The van der Waals surface area contributed by atoms with Crippen LogP contribution in [0, 0.1) is 0 Å². The van der Waals surface area contributed by atoms with Crippen molar-refractivity contribution in [3.8, 4) is 5.75 Å². The van der Waals surface area contributed by atoms with Gasteiger partial charge < -0.3 is 20.1 Å². The molecule has 0 spiro atoms. The maximum Gasteiger partial charge on any atom is 0.119 e. The molecule has 0 saturated carbocycles. The molecular weight excluding hydrogens is 314 g/mol. The van der Waals surface area contributed by atoms with E-state index >= 15 is 0 Å². The summed E-state index contributed by atoms with van der Waals surface area (Å²) in [6.45, 7) is 2.70. The largest absolute Gasteiger partial charge is 0.497 e. The van der Waals surface area contributed by atoms with E-state index in [2.05, 4.69) is 16.3 Å². The van der Waals surface area contributed by atoms with E-state index in [0.29, 0.717) is 6.54 Å². The molecule has 0 aliphatic carbocycles. The van der Waals surface area contributed by atoms with Crippen LogP contribution in [0.25, 0.3) is 21.8 Å². The lowest BCUT2D eigenvalue weighted by Gasteiger charge is -2.17. The fourth-order valence-corrected chi connectivity index (χ4v) is 3.03. The van der Waals surface area contributed by atoms with E-state index in [1.807, 2.05) is 43.4 Å². The van der Waals surface area contributed by atoms with Crippen molar-refractivity contribution in [1.29, 1.82) is 0 Å². The number of pyridine rings is 1. The Hall–Kier alpha value is -2.37. The van der Waals surface area contributed by atoms with E-state index in [9.17, 15) is 0 Å².